The van der Waals surface area contributed by atoms with Gasteiger partial charge in [-0.15, -0.1) is 0 Å². The summed E-state index contributed by atoms with van der Waals surface area (Å²) >= 11 is 0. The fourth-order valence-electron chi connectivity index (χ4n) is 1.56. The van der Waals surface area contributed by atoms with Crippen LogP contribution in [0.2, 0.25) is 0 Å². The molecule has 1 unspecified atom stereocenters. The van der Waals surface area contributed by atoms with E-state index in [1.54, 1.807) is 0 Å². The molecule has 2 rings (SSSR count). The molecule has 0 saturated carbocycles. The Balaban J connectivity index is 1.98. The van der Waals surface area contributed by atoms with E-state index in [-0.39, 0.29) is 5.78 Å². The number of Topliss-reactive ketones (excluding diaryl/α,β-unsaturated/α-hetero) is 1. The molecule has 0 N–H and O–H groups in total. The third-order valence-electron chi connectivity index (χ3n) is 2.39. The van der Waals surface area contributed by atoms with Gasteiger partial charge in [-0.25, -0.2) is 4.98 Å². The first-order valence-electron chi connectivity index (χ1n) is 4.79. The lowest BCUT2D eigenvalue weighted by Crippen LogP contribution is -2.03. The molecule has 0 amide bonds. The molecule has 14 heavy (non-hydrogen) atoms. The topological polar surface area (TPSA) is 52.3 Å². The van der Waals surface area contributed by atoms with Gasteiger partial charge in [-0.3, -0.25) is 4.79 Å². The first kappa shape index (κ1) is 9.40. The van der Waals surface area contributed by atoms with Crippen molar-refractivity contribution in [3.05, 3.63) is 17.8 Å². The highest BCUT2D eigenvalue weighted by molar-refractivity contribution is 5.90. The summed E-state index contributed by atoms with van der Waals surface area (Å²) in [5.74, 6) is 1.41. The Morgan fingerprint density at radius 3 is 3.14 bits per heavy atom. The summed E-state index contributed by atoms with van der Waals surface area (Å²) in [4.78, 5) is 15.0. The van der Waals surface area contributed by atoms with Gasteiger partial charge in [0.2, 0.25) is 0 Å². The summed E-state index contributed by atoms with van der Waals surface area (Å²) in [6, 6.07) is 0. The fraction of sp³-hybridized carbons (Fsp3) is 0.600. The SMILES string of the molecule is CC(=O)c1cnc(CC2CCOC2)o1. The van der Waals surface area contributed by atoms with Crippen LogP contribution in [0.3, 0.4) is 0 Å². The van der Waals surface area contributed by atoms with Gasteiger partial charge in [0.05, 0.1) is 6.20 Å². The smallest absolute Gasteiger partial charge is 0.196 e. The van der Waals surface area contributed by atoms with Crippen LogP contribution in [0, 0.1) is 5.92 Å². The van der Waals surface area contributed by atoms with Gasteiger partial charge in [-0.05, 0) is 12.3 Å². The molecular formula is C10H13NO3. The van der Waals surface area contributed by atoms with Crippen molar-refractivity contribution in [3.63, 3.8) is 0 Å². The molecule has 0 aliphatic carbocycles. The van der Waals surface area contributed by atoms with Crippen molar-refractivity contribution < 1.29 is 13.9 Å². The minimum absolute atomic E-state index is 0.0774. The number of ketones is 1. The van der Waals surface area contributed by atoms with Crippen LogP contribution in [0.5, 0.6) is 0 Å². The van der Waals surface area contributed by atoms with Gasteiger partial charge < -0.3 is 9.15 Å². The average Bonchev–Trinajstić information content (AvgIpc) is 2.75. The minimum Gasteiger partial charge on any atom is -0.438 e. The maximum atomic E-state index is 10.9. The molecular weight excluding hydrogens is 182 g/mol. The highest BCUT2D eigenvalue weighted by atomic mass is 16.5. The van der Waals surface area contributed by atoms with E-state index in [0.29, 0.717) is 17.6 Å². The number of carbonyl (C=O) groups excluding carboxylic acids is 1. The second kappa shape index (κ2) is 3.92. The Hall–Kier alpha value is -1.16. The molecule has 0 radical (unpaired) electrons. The molecule has 1 aromatic rings. The third kappa shape index (κ3) is 2.01. The van der Waals surface area contributed by atoms with E-state index in [1.165, 1.54) is 13.1 Å². The van der Waals surface area contributed by atoms with Crippen molar-refractivity contribution >= 4 is 5.78 Å². The lowest BCUT2D eigenvalue weighted by Gasteiger charge is -2.01. The number of rotatable bonds is 3. The molecule has 1 aliphatic rings. The number of carbonyl (C=O) groups is 1. The minimum atomic E-state index is -0.0774. The molecule has 1 aromatic heterocycles. The Kier molecular flexibility index (Phi) is 2.63. The monoisotopic (exact) mass is 195 g/mol. The molecule has 1 aliphatic heterocycles. The van der Waals surface area contributed by atoms with Gasteiger partial charge in [0.1, 0.15) is 0 Å². The van der Waals surface area contributed by atoms with Crippen LogP contribution in [0.1, 0.15) is 29.8 Å². The van der Waals surface area contributed by atoms with Crippen molar-refractivity contribution in [1.29, 1.82) is 0 Å². The van der Waals surface area contributed by atoms with Crippen molar-refractivity contribution in [2.75, 3.05) is 13.2 Å². The number of aromatic nitrogens is 1. The Labute approximate surface area is 82.3 Å². The summed E-state index contributed by atoms with van der Waals surface area (Å²) in [5, 5.41) is 0. The summed E-state index contributed by atoms with van der Waals surface area (Å²) < 4.78 is 10.5. The molecule has 0 aromatic carbocycles. The van der Waals surface area contributed by atoms with Gasteiger partial charge in [-0.1, -0.05) is 0 Å². The molecule has 0 spiro atoms. The largest absolute Gasteiger partial charge is 0.438 e. The van der Waals surface area contributed by atoms with Crippen LogP contribution in [0.25, 0.3) is 0 Å². The van der Waals surface area contributed by atoms with Crippen LogP contribution >= 0.6 is 0 Å². The first-order chi connectivity index (χ1) is 6.75. The predicted octanol–water partition coefficient (Wildman–Crippen LogP) is 1.46. The van der Waals surface area contributed by atoms with Crippen molar-refractivity contribution in [3.8, 4) is 0 Å². The van der Waals surface area contributed by atoms with E-state index < -0.39 is 0 Å². The van der Waals surface area contributed by atoms with Crippen molar-refractivity contribution in [2.24, 2.45) is 5.92 Å². The highest BCUT2D eigenvalue weighted by Gasteiger charge is 2.19. The molecule has 1 saturated heterocycles. The van der Waals surface area contributed by atoms with Gasteiger partial charge in [0, 0.05) is 26.6 Å². The summed E-state index contributed by atoms with van der Waals surface area (Å²) in [7, 11) is 0. The van der Waals surface area contributed by atoms with Crippen LogP contribution in [-0.4, -0.2) is 24.0 Å². The molecule has 0 bridgehead atoms. The molecule has 2 heterocycles. The zero-order valence-electron chi connectivity index (χ0n) is 8.16. The number of ether oxygens (including phenoxy) is 1. The number of hydrogen-bond donors (Lipinski definition) is 0. The lowest BCUT2D eigenvalue weighted by molar-refractivity contribution is 0.0985. The van der Waals surface area contributed by atoms with E-state index in [2.05, 4.69) is 4.98 Å². The van der Waals surface area contributed by atoms with Gasteiger partial charge in [-0.2, -0.15) is 0 Å². The summed E-state index contributed by atoms with van der Waals surface area (Å²) in [5.41, 5.74) is 0. The fourth-order valence-corrected chi connectivity index (χ4v) is 1.56. The van der Waals surface area contributed by atoms with Crippen molar-refractivity contribution in [2.45, 2.75) is 19.8 Å². The van der Waals surface area contributed by atoms with E-state index in [1.807, 2.05) is 0 Å². The standard InChI is InChI=1S/C10H13NO3/c1-7(12)9-5-11-10(14-9)4-8-2-3-13-6-8/h5,8H,2-4,6H2,1H3. The molecule has 4 heteroatoms. The normalized spacial score (nSPS) is 21.4. The van der Waals surface area contributed by atoms with E-state index in [9.17, 15) is 4.79 Å². The molecule has 1 fully saturated rings. The Morgan fingerprint density at radius 2 is 2.57 bits per heavy atom. The van der Waals surface area contributed by atoms with Crippen LogP contribution in [0.15, 0.2) is 10.6 Å². The zero-order chi connectivity index (χ0) is 9.97. The maximum absolute atomic E-state index is 10.9. The lowest BCUT2D eigenvalue weighted by atomic mass is 10.1. The second-order valence-electron chi connectivity index (χ2n) is 3.61. The summed E-state index contributed by atoms with van der Waals surface area (Å²) in [6.45, 7) is 3.08. The van der Waals surface area contributed by atoms with E-state index >= 15 is 0 Å². The van der Waals surface area contributed by atoms with E-state index in [0.717, 1.165) is 26.1 Å². The van der Waals surface area contributed by atoms with Crippen molar-refractivity contribution in [1.82, 2.24) is 4.98 Å². The average molecular weight is 195 g/mol. The molecule has 4 nitrogen and oxygen atoms in total. The number of oxazole rings is 1. The molecule has 1 atom stereocenters. The Bertz CT molecular complexity index is 326. The number of hydrogen-bond acceptors (Lipinski definition) is 4. The van der Waals surface area contributed by atoms with E-state index in [4.69, 9.17) is 9.15 Å². The molecule has 76 valence electrons. The predicted molar refractivity (Wildman–Crippen MR) is 49.1 cm³/mol. The highest BCUT2D eigenvalue weighted by Crippen LogP contribution is 2.18. The number of nitrogens with zero attached hydrogens (tertiary/aromatic N) is 1. The van der Waals surface area contributed by atoms with Crippen LogP contribution < -0.4 is 0 Å². The van der Waals surface area contributed by atoms with Gasteiger partial charge in [0.15, 0.2) is 17.4 Å². The zero-order valence-corrected chi connectivity index (χ0v) is 8.16. The summed E-state index contributed by atoms with van der Waals surface area (Å²) in [6.07, 6.45) is 3.32. The second-order valence-corrected chi connectivity index (χ2v) is 3.61. The van der Waals surface area contributed by atoms with Gasteiger partial charge in [0.25, 0.3) is 0 Å². The van der Waals surface area contributed by atoms with Crippen LogP contribution in [0.4, 0.5) is 0 Å². The quantitative estimate of drug-likeness (QED) is 0.685. The maximum Gasteiger partial charge on any atom is 0.196 e. The van der Waals surface area contributed by atoms with Gasteiger partial charge >= 0.3 is 0 Å². The first-order valence-corrected chi connectivity index (χ1v) is 4.79. The van der Waals surface area contributed by atoms with Crippen LogP contribution in [-0.2, 0) is 11.2 Å². The Morgan fingerprint density at radius 1 is 1.71 bits per heavy atom. The third-order valence-corrected chi connectivity index (χ3v) is 2.39.